The highest BCUT2D eigenvalue weighted by Crippen LogP contribution is 2.21. The van der Waals surface area contributed by atoms with E-state index in [1.54, 1.807) is 0 Å². The first-order chi connectivity index (χ1) is 8.15. The number of carboxylic acid groups (broad SMARTS) is 1. The van der Waals surface area contributed by atoms with Crippen LogP contribution in [-0.2, 0) is 4.79 Å². The van der Waals surface area contributed by atoms with Gasteiger partial charge in [0.05, 0.1) is 0 Å². The van der Waals surface area contributed by atoms with Crippen LogP contribution in [-0.4, -0.2) is 35.6 Å². The number of rotatable bonds is 5. The summed E-state index contributed by atoms with van der Waals surface area (Å²) >= 11 is 0. The van der Waals surface area contributed by atoms with Crippen molar-refractivity contribution in [1.82, 2.24) is 4.90 Å². The van der Waals surface area contributed by atoms with E-state index in [0.29, 0.717) is 18.0 Å². The third-order valence-corrected chi connectivity index (χ3v) is 3.73. The van der Waals surface area contributed by atoms with Crippen molar-refractivity contribution in [2.24, 2.45) is 0 Å². The molecule has 1 aliphatic carbocycles. The highest BCUT2D eigenvalue weighted by molar-refractivity contribution is 5.86. The van der Waals surface area contributed by atoms with Crippen molar-refractivity contribution in [3.63, 3.8) is 0 Å². The number of nitrogens with zero attached hydrogens (tertiary/aromatic N) is 1. The molecule has 1 aliphatic rings. The Morgan fingerprint density at radius 2 is 1.88 bits per heavy atom. The molecule has 98 valence electrons. The number of aliphatic carboxylic acids is 1. The zero-order valence-electron chi connectivity index (χ0n) is 11.1. The second-order valence-electron chi connectivity index (χ2n) is 4.97. The van der Waals surface area contributed by atoms with Crippen molar-refractivity contribution in [3.05, 3.63) is 11.6 Å². The van der Waals surface area contributed by atoms with Gasteiger partial charge in [-0.25, -0.2) is 4.79 Å². The molecule has 0 atom stereocenters. The average Bonchev–Trinajstić information content (AvgIpc) is 2.57. The van der Waals surface area contributed by atoms with Crippen molar-refractivity contribution >= 4 is 5.97 Å². The van der Waals surface area contributed by atoms with Gasteiger partial charge in [0.1, 0.15) is 0 Å². The monoisotopic (exact) mass is 239 g/mol. The summed E-state index contributed by atoms with van der Waals surface area (Å²) in [4.78, 5) is 13.2. The van der Waals surface area contributed by atoms with Crippen molar-refractivity contribution in [2.45, 2.75) is 57.9 Å². The first kappa shape index (κ1) is 14.2. The van der Waals surface area contributed by atoms with E-state index in [1.165, 1.54) is 38.5 Å². The molecule has 0 saturated heterocycles. The summed E-state index contributed by atoms with van der Waals surface area (Å²) in [6.07, 6.45) is 10.3. The maximum absolute atomic E-state index is 10.9. The molecule has 0 aliphatic heterocycles. The van der Waals surface area contributed by atoms with E-state index in [4.69, 9.17) is 5.11 Å². The molecule has 0 radical (unpaired) electrons. The number of likely N-dealkylation sites (N-methyl/N-ethyl adjacent to an activating group) is 1. The van der Waals surface area contributed by atoms with Gasteiger partial charge in [-0.15, -0.1) is 0 Å². The molecule has 17 heavy (non-hydrogen) atoms. The molecular formula is C14H25NO2. The standard InChI is InChI=1S/C14H25NO2/c1-3-12(14(16)17)10-11-15(2)13-8-6-4-5-7-9-13/h10,13H,3-9,11H2,1-2H3,(H,16,17). The van der Waals surface area contributed by atoms with E-state index in [1.807, 2.05) is 13.0 Å². The van der Waals surface area contributed by atoms with E-state index in [2.05, 4.69) is 11.9 Å². The number of carbonyl (C=O) groups is 1. The van der Waals surface area contributed by atoms with E-state index in [-0.39, 0.29) is 0 Å². The summed E-state index contributed by atoms with van der Waals surface area (Å²) in [5.74, 6) is -0.776. The van der Waals surface area contributed by atoms with Gasteiger partial charge in [-0.3, -0.25) is 4.90 Å². The predicted molar refractivity (Wildman–Crippen MR) is 70.1 cm³/mol. The Hall–Kier alpha value is -0.830. The molecule has 0 spiro atoms. The van der Waals surface area contributed by atoms with Crippen LogP contribution in [0.3, 0.4) is 0 Å². The Kier molecular flexibility index (Phi) is 6.27. The number of carboxylic acids is 1. The zero-order valence-corrected chi connectivity index (χ0v) is 11.1. The van der Waals surface area contributed by atoms with Gasteiger partial charge in [0.25, 0.3) is 0 Å². The van der Waals surface area contributed by atoms with E-state index >= 15 is 0 Å². The number of hydrogen-bond donors (Lipinski definition) is 1. The minimum atomic E-state index is -0.776. The lowest BCUT2D eigenvalue weighted by atomic mass is 10.1. The van der Waals surface area contributed by atoms with Crippen LogP contribution in [0.1, 0.15) is 51.9 Å². The van der Waals surface area contributed by atoms with Crippen LogP contribution in [0, 0.1) is 0 Å². The van der Waals surface area contributed by atoms with Gasteiger partial charge < -0.3 is 5.11 Å². The summed E-state index contributed by atoms with van der Waals surface area (Å²) < 4.78 is 0. The second-order valence-corrected chi connectivity index (χ2v) is 4.97. The van der Waals surface area contributed by atoms with Crippen LogP contribution in [0.5, 0.6) is 0 Å². The van der Waals surface area contributed by atoms with Crippen LogP contribution in [0.25, 0.3) is 0 Å². The summed E-state index contributed by atoms with van der Waals surface area (Å²) in [6, 6.07) is 0.639. The summed E-state index contributed by atoms with van der Waals surface area (Å²) in [5.41, 5.74) is 0.533. The van der Waals surface area contributed by atoms with Crippen molar-refractivity contribution < 1.29 is 9.90 Å². The molecule has 0 aromatic heterocycles. The molecule has 3 heteroatoms. The van der Waals surface area contributed by atoms with Gasteiger partial charge >= 0.3 is 5.97 Å². The minimum absolute atomic E-state index is 0.533. The molecule has 1 rings (SSSR count). The fourth-order valence-corrected chi connectivity index (χ4v) is 2.48. The molecule has 0 unspecified atom stereocenters. The SMILES string of the molecule is CCC(=CCN(C)C1CCCCCC1)C(=O)O. The maximum Gasteiger partial charge on any atom is 0.331 e. The fraction of sp³-hybridized carbons (Fsp3) is 0.786. The van der Waals surface area contributed by atoms with Crippen LogP contribution in [0.2, 0.25) is 0 Å². The Balaban J connectivity index is 2.46. The molecule has 0 aromatic carbocycles. The normalized spacial score (nSPS) is 19.4. The second kappa shape index (κ2) is 7.49. The van der Waals surface area contributed by atoms with Gasteiger partial charge in [0.2, 0.25) is 0 Å². The van der Waals surface area contributed by atoms with Gasteiger partial charge in [-0.1, -0.05) is 38.7 Å². The summed E-state index contributed by atoms with van der Waals surface area (Å²) in [7, 11) is 2.11. The van der Waals surface area contributed by atoms with E-state index in [0.717, 1.165) is 6.54 Å². The summed E-state index contributed by atoms with van der Waals surface area (Å²) in [6.45, 7) is 2.66. The summed E-state index contributed by atoms with van der Waals surface area (Å²) in [5, 5.41) is 8.95. The van der Waals surface area contributed by atoms with Gasteiger partial charge in [-0.2, -0.15) is 0 Å². The van der Waals surface area contributed by atoms with Crippen molar-refractivity contribution in [3.8, 4) is 0 Å². The van der Waals surface area contributed by atoms with Crippen LogP contribution < -0.4 is 0 Å². The third kappa shape index (κ3) is 4.90. The van der Waals surface area contributed by atoms with Gasteiger partial charge in [0.15, 0.2) is 0 Å². The fourth-order valence-electron chi connectivity index (χ4n) is 2.48. The molecule has 1 saturated carbocycles. The van der Waals surface area contributed by atoms with Crippen molar-refractivity contribution in [1.29, 1.82) is 0 Å². The lowest BCUT2D eigenvalue weighted by Gasteiger charge is -2.25. The molecule has 3 nitrogen and oxygen atoms in total. The molecular weight excluding hydrogens is 214 g/mol. The van der Waals surface area contributed by atoms with Crippen LogP contribution in [0.15, 0.2) is 11.6 Å². The zero-order chi connectivity index (χ0) is 12.7. The molecule has 0 heterocycles. The average molecular weight is 239 g/mol. The molecule has 0 amide bonds. The molecule has 1 N–H and O–H groups in total. The van der Waals surface area contributed by atoms with E-state index in [9.17, 15) is 4.79 Å². The lowest BCUT2D eigenvalue weighted by molar-refractivity contribution is -0.132. The minimum Gasteiger partial charge on any atom is -0.478 e. The Labute approximate surface area is 105 Å². The molecule has 0 aromatic rings. The van der Waals surface area contributed by atoms with Crippen molar-refractivity contribution in [2.75, 3.05) is 13.6 Å². The molecule has 1 fully saturated rings. The first-order valence-electron chi connectivity index (χ1n) is 6.77. The number of hydrogen-bond acceptors (Lipinski definition) is 2. The smallest absolute Gasteiger partial charge is 0.331 e. The first-order valence-corrected chi connectivity index (χ1v) is 6.77. The third-order valence-electron chi connectivity index (χ3n) is 3.73. The highest BCUT2D eigenvalue weighted by atomic mass is 16.4. The van der Waals surface area contributed by atoms with E-state index < -0.39 is 5.97 Å². The Morgan fingerprint density at radius 3 is 2.35 bits per heavy atom. The maximum atomic E-state index is 10.9. The highest BCUT2D eigenvalue weighted by Gasteiger charge is 2.16. The lowest BCUT2D eigenvalue weighted by Crippen LogP contribution is -2.31. The van der Waals surface area contributed by atoms with Gasteiger partial charge in [0, 0.05) is 18.2 Å². The largest absolute Gasteiger partial charge is 0.478 e. The quantitative estimate of drug-likeness (QED) is 0.592. The molecule has 0 bridgehead atoms. The predicted octanol–water partition coefficient (Wildman–Crippen LogP) is 3.06. The Bertz CT molecular complexity index is 265. The van der Waals surface area contributed by atoms with Crippen LogP contribution in [0.4, 0.5) is 0 Å². The van der Waals surface area contributed by atoms with Crippen LogP contribution >= 0.6 is 0 Å². The topological polar surface area (TPSA) is 40.5 Å². The Morgan fingerprint density at radius 1 is 1.29 bits per heavy atom. The van der Waals surface area contributed by atoms with Gasteiger partial charge in [-0.05, 0) is 26.3 Å².